The van der Waals surface area contributed by atoms with Gasteiger partial charge in [0, 0.05) is 17.6 Å². The van der Waals surface area contributed by atoms with E-state index in [1.54, 1.807) is 6.20 Å². The van der Waals surface area contributed by atoms with Gasteiger partial charge in [0.2, 0.25) is 0 Å². The third kappa shape index (κ3) is 3.19. The number of aromatic nitrogens is 2. The molecule has 23 heavy (non-hydrogen) atoms. The molecule has 0 fully saturated rings. The van der Waals surface area contributed by atoms with E-state index in [1.165, 1.54) is 6.92 Å². The number of fused-ring (bicyclic) bond motifs is 1. The summed E-state index contributed by atoms with van der Waals surface area (Å²) in [6.45, 7) is 2.82. The molecule has 2 aromatic carbocycles. The Kier molecular flexibility index (Phi) is 4.05. The van der Waals surface area contributed by atoms with Crippen LogP contribution in [0.15, 0.2) is 48.7 Å². The van der Waals surface area contributed by atoms with E-state index in [0.717, 1.165) is 27.8 Å². The Balaban J connectivity index is 2.02. The van der Waals surface area contributed by atoms with Crippen LogP contribution >= 0.6 is 0 Å². The Morgan fingerprint density at radius 2 is 2.00 bits per heavy atom. The van der Waals surface area contributed by atoms with Crippen LogP contribution in [0.5, 0.6) is 0 Å². The van der Waals surface area contributed by atoms with Crippen LogP contribution in [0.1, 0.15) is 12.5 Å². The van der Waals surface area contributed by atoms with Crippen LogP contribution in [0.25, 0.3) is 16.6 Å². The molecule has 0 aliphatic carbocycles. The number of hydrogen-bond donors (Lipinski definition) is 2. The standard InChI is InChI=1S/C18H20FN3O/c1-13-8-16(20-12-18(2,23)11-19)15-10-21-22(17(15)9-13)14-6-4-3-5-7-14/h3-10,20,23H,11-12H2,1-2H3. The largest absolute Gasteiger partial charge is 0.386 e. The molecular weight excluding hydrogens is 293 g/mol. The van der Waals surface area contributed by atoms with Gasteiger partial charge in [0.15, 0.2) is 0 Å². The van der Waals surface area contributed by atoms with E-state index in [1.807, 2.05) is 48.0 Å². The average Bonchev–Trinajstić information content (AvgIpc) is 2.97. The van der Waals surface area contributed by atoms with Crippen LogP contribution in [0.4, 0.5) is 10.1 Å². The lowest BCUT2D eigenvalue weighted by atomic mass is 10.1. The van der Waals surface area contributed by atoms with Gasteiger partial charge in [0.1, 0.15) is 12.3 Å². The molecule has 2 N–H and O–H groups in total. The Labute approximate surface area is 134 Å². The van der Waals surface area contributed by atoms with Crippen molar-refractivity contribution in [3.05, 3.63) is 54.2 Å². The van der Waals surface area contributed by atoms with Crippen LogP contribution in [-0.2, 0) is 0 Å². The van der Waals surface area contributed by atoms with Crippen molar-refractivity contribution < 1.29 is 9.50 Å². The Hall–Kier alpha value is -2.40. The van der Waals surface area contributed by atoms with Crippen molar-refractivity contribution >= 4 is 16.6 Å². The lowest BCUT2D eigenvalue weighted by Gasteiger charge is -2.21. The summed E-state index contributed by atoms with van der Waals surface area (Å²) in [4.78, 5) is 0. The van der Waals surface area contributed by atoms with E-state index in [2.05, 4.69) is 16.5 Å². The van der Waals surface area contributed by atoms with E-state index in [4.69, 9.17) is 0 Å². The van der Waals surface area contributed by atoms with Gasteiger partial charge in [-0.2, -0.15) is 5.10 Å². The first-order valence-corrected chi connectivity index (χ1v) is 7.56. The molecule has 1 atom stereocenters. The van der Waals surface area contributed by atoms with Gasteiger partial charge in [-0.05, 0) is 43.7 Å². The van der Waals surface area contributed by atoms with Crippen molar-refractivity contribution in [2.45, 2.75) is 19.4 Å². The first kappa shape index (κ1) is 15.5. The van der Waals surface area contributed by atoms with Crippen LogP contribution < -0.4 is 5.32 Å². The molecular formula is C18H20FN3O. The second kappa shape index (κ2) is 6.01. The van der Waals surface area contributed by atoms with E-state index in [0.29, 0.717) is 0 Å². The van der Waals surface area contributed by atoms with E-state index in [9.17, 15) is 9.50 Å². The lowest BCUT2D eigenvalue weighted by molar-refractivity contribution is 0.0462. The molecule has 1 unspecified atom stereocenters. The SMILES string of the molecule is Cc1cc(NCC(C)(O)CF)c2cnn(-c3ccccc3)c2c1. The fourth-order valence-corrected chi connectivity index (χ4v) is 2.52. The zero-order valence-corrected chi connectivity index (χ0v) is 13.3. The molecule has 1 aromatic heterocycles. The predicted molar refractivity (Wildman–Crippen MR) is 90.9 cm³/mol. The van der Waals surface area contributed by atoms with Crippen molar-refractivity contribution in [3.8, 4) is 5.69 Å². The third-order valence-corrected chi connectivity index (χ3v) is 3.78. The number of nitrogens with one attached hydrogen (secondary N) is 1. The van der Waals surface area contributed by atoms with Crippen molar-refractivity contribution in [2.75, 3.05) is 18.5 Å². The third-order valence-electron chi connectivity index (χ3n) is 3.78. The normalized spacial score (nSPS) is 13.9. The van der Waals surface area contributed by atoms with E-state index >= 15 is 0 Å². The monoisotopic (exact) mass is 313 g/mol. The smallest absolute Gasteiger partial charge is 0.120 e. The molecule has 0 amide bonds. The highest BCUT2D eigenvalue weighted by molar-refractivity contribution is 5.93. The number of halogens is 1. The number of aliphatic hydroxyl groups is 1. The van der Waals surface area contributed by atoms with E-state index in [-0.39, 0.29) is 6.54 Å². The predicted octanol–water partition coefficient (Wildman–Crippen LogP) is 3.47. The Morgan fingerprint density at radius 1 is 1.26 bits per heavy atom. The number of hydrogen-bond acceptors (Lipinski definition) is 3. The second-order valence-electron chi connectivity index (χ2n) is 6.12. The minimum atomic E-state index is -1.38. The highest BCUT2D eigenvalue weighted by atomic mass is 19.1. The molecule has 0 saturated carbocycles. The molecule has 1 heterocycles. The second-order valence-corrected chi connectivity index (χ2v) is 6.12. The molecule has 120 valence electrons. The number of anilines is 1. The first-order valence-electron chi connectivity index (χ1n) is 7.56. The molecule has 0 aliphatic rings. The van der Waals surface area contributed by atoms with Gasteiger partial charge in [0.25, 0.3) is 0 Å². The summed E-state index contributed by atoms with van der Waals surface area (Å²) < 4.78 is 14.7. The molecule has 4 nitrogen and oxygen atoms in total. The van der Waals surface area contributed by atoms with Crippen LogP contribution in [0.3, 0.4) is 0 Å². The fraction of sp³-hybridized carbons (Fsp3) is 0.278. The molecule has 0 radical (unpaired) electrons. The van der Waals surface area contributed by atoms with Gasteiger partial charge < -0.3 is 10.4 Å². The van der Waals surface area contributed by atoms with Crippen LogP contribution in [0, 0.1) is 6.92 Å². The number of aryl methyl sites for hydroxylation is 1. The summed E-state index contributed by atoms with van der Waals surface area (Å²) in [5.41, 5.74) is 2.48. The van der Waals surface area contributed by atoms with Crippen molar-refractivity contribution in [3.63, 3.8) is 0 Å². The number of alkyl halides is 1. The van der Waals surface area contributed by atoms with Gasteiger partial charge in [-0.25, -0.2) is 9.07 Å². The number of para-hydroxylation sites is 1. The topological polar surface area (TPSA) is 50.1 Å². The average molecular weight is 313 g/mol. The maximum atomic E-state index is 12.8. The quantitative estimate of drug-likeness (QED) is 0.758. The summed E-state index contributed by atoms with van der Waals surface area (Å²) in [5, 5.41) is 18.4. The molecule has 3 rings (SSSR count). The van der Waals surface area contributed by atoms with Gasteiger partial charge in [0.05, 0.1) is 17.4 Å². The number of benzene rings is 2. The Morgan fingerprint density at radius 3 is 2.70 bits per heavy atom. The maximum Gasteiger partial charge on any atom is 0.120 e. The molecule has 0 bridgehead atoms. The van der Waals surface area contributed by atoms with Crippen molar-refractivity contribution in [1.29, 1.82) is 0 Å². The molecule has 0 spiro atoms. The minimum Gasteiger partial charge on any atom is -0.386 e. The minimum absolute atomic E-state index is 0.137. The fourth-order valence-electron chi connectivity index (χ4n) is 2.52. The maximum absolute atomic E-state index is 12.8. The number of nitrogens with zero attached hydrogens (tertiary/aromatic N) is 2. The highest BCUT2D eigenvalue weighted by Crippen LogP contribution is 2.27. The Bertz CT molecular complexity index is 812. The molecule has 5 heteroatoms. The van der Waals surface area contributed by atoms with Gasteiger partial charge >= 0.3 is 0 Å². The van der Waals surface area contributed by atoms with E-state index < -0.39 is 12.3 Å². The van der Waals surface area contributed by atoms with Crippen LogP contribution in [0.2, 0.25) is 0 Å². The molecule has 0 aliphatic heterocycles. The highest BCUT2D eigenvalue weighted by Gasteiger charge is 2.20. The zero-order valence-electron chi connectivity index (χ0n) is 13.3. The summed E-state index contributed by atoms with van der Waals surface area (Å²) in [5.74, 6) is 0. The first-order chi connectivity index (χ1) is 11.0. The summed E-state index contributed by atoms with van der Waals surface area (Å²) in [6.07, 6.45) is 1.79. The summed E-state index contributed by atoms with van der Waals surface area (Å²) in [7, 11) is 0. The molecule has 3 aromatic rings. The van der Waals surface area contributed by atoms with Crippen molar-refractivity contribution in [1.82, 2.24) is 9.78 Å². The lowest BCUT2D eigenvalue weighted by Crippen LogP contribution is -2.35. The zero-order chi connectivity index (χ0) is 16.4. The molecule has 0 saturated heterocycles. The van der Waals surface area contributed by atoms with Gasteiger partial charge in [-0.1, -0.05) is 18.2 Å². The summed E-state index contributed by atoms with van der Waals surface area (Å²) >= 11 is 0. The van der Waals surface area contributed by atoms with Crippen molar-refractivity contribution in [2.24, 2.45) is 0 Å². The van der Waals surface area contributed by atoms with Crippen LogP contribution in [-0.4, -0.2) is 33.7 Å². The summed E-state index contributed by atoms with van der Waals surface area (Å²) in [6, 6.07) is 13.9. The number of rotatable bonds is 5. The van der Waals surface area contributed by atoms with Gasteiger partial charge in [-0.3, -0.25) is 0 Å². The van der Waals surface area contributed by atoms with Gasteiger partial charge in [-0.15, -0.1) is 0 Å².